The molecule has 6 nitrogen and oxygen atoms in total. The monoisotopic (exact) mass is 381 g/mol. The van der Waals surface area contributed by atoms with E-state index in [-0.39, 0.29) is 24.3 Å². The number of likely N-dealkylation sites (tertiary alicyclic amines) is 2. The van der Waals surface area contributed by atoms with Gasteiger partial charge in [0.2, 0.25) is 0 Å². The Hall–Kier alpha value is -0.690. The van der Waals surface area contributed by atoms with Gasteiger partial charge in [0.1, 0.15) is 0 Å². The Balaban J connectivity index is 1.53. The van der Waals surface area contributed by atoms with Crippen LogP contribution in [0.1, 0.15) is 58.3 Å². The van der Waals surface area contributed by atoms with Gasteiger partial charge in [0.05, 0.1) is 18.6 Å². The molecule has 0 aromatic heterocycles. The van der Waals surface area contributed by atoms with Crippen LogP contribution in [0.4, 0.5) is 0 Å². The van der Waals surface area contributed by atoms with E-state index in [1.54, 1.807) is 0 Å². The third kappa shape index (κ3) is 5.66. The quantitative estimate of drug-likeness (QED) is 0.632. The molecule has 0 amide bonds. The summed E-state index contributed by atoms with van der Waals surface area (Å²) in [4.78, 5) is 19.4. The highest BCUT2D eigenvalue weighted by molar-refractivity contribution is 5.72. The van der Waals surface area contributed by atoms with Gasteiger partial charge in [0.15, 0.2) is 6.35 Å². The highest BCUT2D eigenvalue weighted by Gasteiger charge is 2.35. The maximum absolute atomic E-state index is 12.0. The summed E-state index contributed by atoms with van der Waals surface area (Å²) in [5, 5.41) is 0. The lowest BCUT2D eigenvalue weighted by Gasteiger charge is -2.44. The summed E-state index contributed by atoms with van der Waals surface area (Å²) in [5.41, 5.74) is 0. The summed E-state index contributed by atoms with van der Waals surface area (Å²) in [6, 6.07) is 0.695. The minimum atomic E-state index is -0.0159. The van der Waals surface area contributed by atoms with Crippen molar-refractivity contribution in [3.63, 3.8) is 0 Å². The molecule has 2 heterocycles. The minimum Gasteiger partial charge on any atom is -0.466 e. The zero-order valence-electron chi connectivity index (χ0n) is 17.6. The van der Waals surface area contributed by atoms with Crippen molar-refractivity contribution in [2.24, 2.45) is 5.92 Å². The lowest BCUT2D eigenvalue weighted by molar-refractivity contribution is -0.190. The topological polar surface area (TPSA) is 45.3 Å². The number of rotatable bonds is 7. The largest absolute Gasteiger partial charge is 0.466 e. The van der Waals surface area contributed by atoms with Gasteiger partial charge in [-0.05, 0) is 72.4 Å². The zero-order valence-corrected chi connectivity index (χ0v) is 17.6. The van der Waals surface area contributed by atoms with Crippen molar-refractivity contribution in [2.75, 3.05) is 46.9 Å². The molecular formula is C21H39N3O3. The molecule has 27 heavy (non-hydrogen) atoms. The van der Waals surface area contributed by atoms with Crippen molar-refractivity contribution in [1.82, 2.24) is 14.7 Å². The lowest BCUT2D eigenvalue weighted by Crippen LogP contribution is -2.55. The number of nitrogens with zero attached hydrogens (tertiary/aromatic N) is 3. The number of hydrogen-bond donors (Lipinski definition) is 0. The van der Waals surface area contributed by atoms with E-state index in [2.05, 4.69) is 28.8 Å². The number of carbonyl (C=O) groups excluding carboxylic acids is 1. The zero-order chi connectivity index (χ0) is 19.2. The molecule has 3 fully saturated rings. The SMILES string of the molecule is CCOC(=O)C1CCC(OC(N2CCCC2)N2CCC(N(C)C)CC2)CC1. The van der Waals surface area contributed by atoms with Gasteiger partial charge in [0.25, 0.3) is 0 Å². The fourth-order valence-electron chi connectivity index (χ4n) is 4.86. The number of ether oxygens (including phenoxy) is 2. The molecule has 2 saturated heterocycles. The van der Waals surface area contributed by atoms with Crippen molar-refractivity contribution in [3.05, 3.63) is 0 Å². The molecule has 0 radical (unpaired) electrons. The third-order valence-corrected chi connectivity index (χ3v) is 6.60. The molecule has 1 atom stereocenters. The first-order chi connectivity index (χ1) is 13.1. The summed E-state index contributed by atoms with van der Waals surface area (Å²) >= 11 is 0. The van der Waals surface area contributed by atoms with Gasteiger partial charge in [-0.15, -0.1) is 0 Å². The van der Waals surface area contributed by atoms with Gasteiger partial charge in [0, 0.05) is 32.2 Å². The van der Waals surface area contributed by atoms with Gasteiger partial charge in [-0.25, -0.2) is 0 Å². The molecule has 0 spiro atoms. The van der Waals surface area contributed by atoms with E-state index < -0.39 is 0 Å². The summed E-state index contributed by atoms with van der Waals surface area (Å²) in [7, 11) is 4.38. The average molecular weight is 382 g/mol. The Morgan fingerprint density at radius 2 is 1.56 bits per heavy atom. The summed E-state index contributed by atoms with van der Waals surface area (Å²) in [6.07, 6.45) is 9.15. The number of esters is 1. The van der Waals surface area contributed by atoms with Crippen molar-refractivity contribution in [1.29, 1.82) is 0 Å². The molecular weight excluding hydrogens is 342 g/mol. The van der Waals surface area contributed by atoms with Gasteiger partial charge in [-0.3, -0.25) is 14.6 Å². The molecule has 1 aliphatic carbocycles. The van der Waals surface area contributed by atoms with E-state index >= 15 is 0 Å². The second-order valence-electron chi connectivity index (χ2n) is 8.66. The molecule has 2 aliphatic heterocycles. The van der Waals surface area contributed by atoms with Gasteiger partial charge >= 0.3 is 5.97 Å². The van der Waals surface area contributed by atoms with Crippen LogP contribution in [-0.2, 0) is 14.3 Å². The Morgan fingerprint density at radius 1 is 0.963 bits per heavy atom. The first-order valence-corrected chi connectivity index (χ1v) is 11.0. The molecule has 1 saturated carbocycles. The number of carbonyl (C=O) groups is 1. The molecule has 156 valence electrons. The van der Waals surface area contributed by atoms with Crippen molar-refractivity contribution in [3.8, 4) is 0 Å². The van der Waals surface area contributed by atoms with Crippen LogP contribution in [0.15, 0.2) is 0 Å². The highest BCUT2D eigenvalue weighted by Crippen LogP contribution is 2.30. The van der Waals surface area contributed by atoms with Crippen LogP contribution in [-0.4, -0.2) is 86.0 Å². The van der Waals surface area contributed by atoms with Gasteiger partial charge in [-0.1, -0.05) is 0 Å². The van der Waals surface area contributed by atoms with Crippen LogP contribution in [0.5, 0.6) is 0 Å². The van der Waals surface area contributed by atoms with E-state index in [4.69, 9.17) is 9.47 Å². The first-order valence-electron chi connectivity index (χ1n) is 11.0. The minimum absolute atomic E-state index is 0.0159. The molecule has 3 aliphatic rings. The maximum Gasteiger partial charge on any atom is 0.308 e. The smallest absolute Gasteiger partial charge is 0.308 e. The van der Waals surface area contributed by atoms with E-state index in [0.29, 0.717) is 12.6 Å². The predicted molar refractivity (Wildman–Crippen MR) is 106 cm³/mol. The third-order valence-electron chi connectivity index (χ3n) is 6.60. The molecule has 0 aromatic rings. The number of hydrogen-bond acceptors (Lipinski definition) is 6. The van der Waals surface area contributed by atoms with Crippen LogP contribution >= 0.6 is 0 Å². The molecule has 3 rings (SSSR count). The Bertz CT molecular complexity index is 452. The Kier molecular flexibility index (Phi) is 7.94. The van der Waals surface area contributed by atoms with Crippen molar-refractivity contribution < 1.29 is 14.3 Å². The van der Waals surface area contributed by atoms with E-state index in [1.165, 1.54) is 25.7 Å². The molecule has 1 unspecified atom stereocenters. The lowest BCUT2D eigenvalue weighted by atomic mass is 9.87. The Labute approximate surface area is 165 Å². The van der Waals surface area contributed by atoms with Crippen LogP contribution in [0.2, 0.25) is 0 Å². The van der Waals surface area contributed by atoms with Crippen molar-refractivity contribution >= 4 is 5.97 Å². The summed E-state index contributed by atoms with van der Waals surface area (Å²) < 4.78 is 11.9. The normalized spacial score (nSPS) is 29.9. The van der Waals surface area contributed by atoms with Crippen LogP contribution in [0, 0.1) is 5.92 Å². The summed E-state index contributed by atoms with van der Waals surface area (Å²) in [6.45, 7) is 6.89. The van der Waals surface area contributed by atoms with Crippen LogP contribution in [0.3, 0.4) is 0 Å². The summed E-state index contributed by atoms with van der Waals surface area (Å²) in [5.74, 6) is 0.0590. The van der Waals surface area contributed by atoms with E-state index in [0.717, 1.165) is 51.9 Å². The van der Waals surface area contributed by atoms with Gasteiger partial charge in [-0.2, -0.15) is 0 Å². The Morgan fingerprint density at radius 3 is 2.11 bits per heavy atom. The van der Waals surface area contributed by atoms with Crippen LogP contribution < -0.4 is 0 Å². The second-order valence-corrected chi connectivity index (χ2v) is 8.66. The molecule has 0 aromatic carbocycles. The maximum atomic E-state index is 12.0. The first kappa shape index (κ1) is 21.0. The predicted octanol–water partition coefficient (Wildman–Crippen LogP) is 2.53. The standard InChI is InChI=1S/C21H39N3O3/c1-4-26-20(25)17-7-9-19(10-8-17)27-21(23-13-5-6-14-23)24-15-11-18(12-16-24)22(2)3/h17-19,21H,4-16H2,1-3H3. The average Bonchev–Trinajstić information content (AvgIpc) is 3.21. The highest BCUT2D eigenvalue weighted by atomic mass is 16.5. The fraction of sp³-hybridized carbons (Fsp3) is 0.952. The van der Waals surface area contributed by atoms with E-state index in [1.807, 2.05) is 6.92 Å². The van der Waals surface area contributed by atoms with Crippen LogP contribution in [0.25, 0.3) is 0 Å². The fourth-order valence-corrected chi connectivity index (χ4v) is 4.86. The van der Waals surface area contributed by atoms with Gasteiger partial charge < -0.3 is 14.4 Å². The number of piperidine rings is 1. The molecule has 0 bridgehead atoms. The van der Waals surface area contributed by atoms with Crippen molar-refractivity contribution in [2.45, 2.75) is 76.8 Å². The second kappa shape index (κ2) is 10.2. The van der Waals surface area contributed by atoms with E-state index in [9.17, 15) is 4.79 Å². The molecule has 0 N–H and O–H groups in total. The molecule has 6 heteroatoms.